The van der Waals surface area contributed by atoms with Gasteiger partial charge in [-0.25, -0.2) is 0 Å². The van der Waals surface area contributed by atoms with E-state index in [1.54, 1.807) is 14.2 Å². The maximum absolute atomic E-state index is 5.61. The number of unbranched alkanes of at least 4 members (excludes halogenated alkanes) is 2. The molecule has 0 rings (SSSR count). The van der Waals surface area contributed by atoms with Gasteiger partial charge in [-0.05, 0) is 19.3 Å². The first kappa shape index (κ1) is 14.2. The molecule has 0 amide bonds. The van der Waals surface area contributed by atoms with Crippen molar-refractivity contribution >= 4 is 5.96 Å². The van der Waals surface area contributed by atoms with E-state index in [1.807, 2.05) is 0 Å². The van der Waals surface area contributed by atoms with Crippen molar-refractivity contribution in [3.63, 3.8) is 0 Å². The lowest BCUT2D eigenvalue weighted by atomic mass is 10.2. The normalized spacial score (nSPS) is 11.7. The highest BCUT2D eigenvalue weighted by molar-refractivity contribution is 5.77. The molecule has 0 aromatic carbocycles. The monoisotopic (exact) mass is 217 g/mol. The smallest absolute Gasteiger partial charge is 0.188 e. The Labute approximate surface area is 92.0 Å². The number of guanidine groups is 1. The number of rotatable bonds is 9. The Morgan fingerprint density at radius 2 is 1.87 bits per heavy atom. The van der Waals surface area contributed by atoms with Crippen molar-refractivity contribution < 1.29 is 9.47 Å². The van der Waals surface area contributed by atoms with Gasteiger partial charge in [0, 0.05) is 33.9 Å². The third kappa shape index (κ3) is 11.1. The average Bonchev–Trinajstić information content (AvgIpc) is 2.23. The van der Waals surface area contributed by atoms with Crippen LogP contribution in [0.1, 0.15) is 19.3 Å². The average molecular weight is 217 g/mol. The van der Waals surface area contributed by atoms with E-state index >= 15 is 0 Å². The summed E-state index contributed by atoms with van der Waals surface area (Å²) in [6, 6.07) is 0. The molecule has 0 fully saturated rings. The van der Waals surface area contributed by atoms with Crippen LogP contribution in [0.3, 0.4) is 0 Å². The summed E-state index contributed by atoms with van der Waals surface area (Å²) in [4.78, 5) is 4.18. The zero-order valence-corrected chi connectivity index (χ0v) is 9.79. The number of aliphatic imine (C=N–C) groups is 1. The molecule has 0 bridgehead atoms. The predicted molar refractivity (Wildman–Crippen MR) is 62.1 cm³/mol. The number of methoxy groups -OCH3 is 2. The first-order valence-electron chi connectivity index (χ1n) is 5.33. The zero-order chi connectivity index (χ0) is 11.4. The molecule has 90 valence electrons. The van der Waals surface area contributed by atoms with Crippen molar-refractivity contribution in [3.8, 4) is 0 Å². The molecule has 15 heavy (non-hydrogen) atoms. The minimum Gasteiger partial charge on any atom is -0.385 e. The molecule has 0 unspecified atom stereocenters. The standard InChI is InChI=1S/C10H23N3O2/c1-14-8-5-3-4-6-12-10(11)13-7-9-15-2/h3-9H2,1-2H3,(H3,11,12,13). The zero-order valence-electron chi connectivity index (χ0n) is 9.79. The van der Waals surface area contributed by atoms with E-state index in [0.717, 1.165) is 32.4 Å². The van der Waals surface area contributed by atoms with Crippen molar-refractivity contribution in [2.75, 3.05) is 40.5 Å². The number of hydrogen-bond acceptors (Lipinski definition) is 3. The molecule has 3 N–H and O–H groups in total. The highest BCUT2D eigenvalue weighted by atomic mass is 16.5. The van der Waals surface area contributed by atoms with E-state index in [4.69, 9.17) is 15.2 Å². The first-order valence-corrected chi connectivity index (χ1v) is 5.33. The molecule has 0 aliphatic carbocycles. The molecular formula is C10H23N3O2. The third-order valence-corrected chi connectivity index (χ3v) is 1.90. The van der Waals surface area contributed by atoms with Crippen LogP contribution in [0.4, 0.5) is 0 Å². The molecule has 0 aliphatic rings. The van der Waals surface area contributed by atoms with Gasteiger partial charge in [-0.15, -0.1) is 0 Å². The Hall–Kier alpha value is -0.810. The second kappa shape index (κ2) is 11.3. The maximum Gasteiger partial charge on any atom is 0.188 e. The fourth-order valence-electron chi connectivity index (χ4n) is 1.07. The topological polar surface area (TPSA) is 68.9 Å². The van der Waals surface area contributed by atoms with Gasteiger partial charge in [0.25, 0.3) is 0 Å². The summed E-state index contributed by atoms with van der Waals surface area (Å²) >= 11 is 0. The van der Waals surface area contributed by atoms with Crippen molar-refractivity contribution in [2.45, 2.75) is 19.3 Å². The van der Waals surface area contributed by atoms with Gasteiger partial charge in [0.05, 0.1) is 6.61 Å². The second-order valence-corrected chi connectivity index (χ2v) is 3.24. The summed E-state index contributed by atoms with van der Waals surface area (Å²) in [5, 5.41) is 2.96. The van der Waals surface area contributed by atoms with Crippen LogP contribution in [0.5, 0.6) is 0 Å². The van der Waals surface area contributed by atoms with Gasteiger partial charge in [-0.1, -0.05) is 0 Å². The molecular weight excluding hydrogens is 194 g/mol. The summed E-state index contributed by atoms with van der Waals surface area (Å²) in [6.07, 6.45) is 3.27. The number of nitrogens with zero attached hydrogens (tertiary/aromatic N) is 1. The molecule has 0 aromatic heterocycles. The second-order valence-electron chi connectivity index (χ2n) is 3.24. The molecule has 0 aromatic rings. The van der Waals surface area contributed by atoms with Gasteiger partial charge in [-0.2, -0.15) is 0 Å². The van der Waals surface area contributed by atoms with Crippen molar-refractivity contribution in [3.05, 3.63) is 0 Å². The molecule has 0 spiro atoms. The number of hydrogen-bond donors (Lipinski definition) is 2. The van der Waals surface area contributed by atoms with Crippen LogP contribution in [0, 0.1) is 0 Å². The Morgan fingerprint density at radius 3 is 2.53 bits per heavy atom. The Kier molecular flexibility index (Phi) is 10.7. The fraction of sp³-hybridized carbons (Fsp3) is 0.900. The van der Waals surface area contributed by atoms with Crippen LogP contribution in [0.25, 0.3) is 0 Å². The molecule has 5 heteroatoms. The highest BCUT2D eigenvalue weighted by Gasteiger charge is 1.91. The van der Waals surface area contributed by atoms with Crippen LogP contribution >= 0.6 is 0 Å². The van der Waals surface area contributed by atoms with Crippen LogP contribution in [-0.4, -0.2) is 46.5 Å². The predicted octanol–water partition coefficient (Wildman–Crippen LogP) is 0.354. The SMILES string of the molecule is COCCCCCN=C(N)NCCOC. The van der Waals surface area contributed by atoms with Crippen LogP contribution in [0.2, 0.25) is 0 Å². The Balaban J connectivity index is 3.25. The molecule has 0 heterocycles. The van der Waals surface area contributed by atoms with Crippen molar-refractivity contribution in [1.82, 2.24) is 5.32 Å². The van der Waals surface area contributed by atoms with E-state index < -0.39 is 0 Å². The van der Waals surface area contributed by atoms with Gasteiger partial charge < -0.3 is 20.5 Å². The maximum atomic E-state index is 5.61. The molecule has 0 saturated heterocycles. The van der Waals surface area contributed by atoms with Crippen molar-refractivity contribution in [1.29, 1.82) is 0 Å². The molecule has 0 aliphatic heterocycles. The minimum atomic E-state index is 0.499. The Bertz CT molecular complexity index is 163. The van der Waals surface area contributed by atoms with Crippen LogP contribution in [-0.2, 0) is 9.47 Å². The quantitative estimate of drug-likeness (QED) is 0.332. The van der Waals surface area contributed by atoms with Gasteiger partial charge in [0.2, 0.25) is 0 Å². The molecule has 5 nitrogen and oxygen atoms in total. The van der Waals surface area contributed by atoms with Crippen LogP contribution in [0.15, 0.2) is 4.99 Å². The molecule has 0 radical (unpaired) electrons. The van der Waals surface area contributed by atoms with E-state index in [2.05, 4.69) is 10.3 Å². The van der Waals surface area contributed by atoms with Gasteiger partial charge in [-0.3, -0.25) is 4.99 Å². The lowest BCUT2D eigenvalue weighted by Gasteiger charge is -2.04. The van der Waals surface area contributed by atoms with E-state index in [9.17, 15) is 0 Å². The van der Waals surface area contributed by atoms with E-state index in [-0.39, 0.29) is 0 Å². The number of nitrogens with two attached hydrogens (primary N) is 1. The number of ether oxygens (including phenoxy) is 2. The Morgan fingerprint density at radius 1 is 1.13 bits per heavy atom. The van der Waals surface area contributed by atoms with Crippen molar-refractivity contribution in [2.24, 2.45) is 10.7 Å². The van der Waals surface area contributed by atoms with Crippen LogP contribution < -0.4 is 11.1 Å². The molecule has 0 atom stereocenters. The summed E-state index contributed by atoms with van der Waals surface area (Å²) in [6.45, 7) is 2.94. The van der Waals surface area contributed by atoms with Gasteiger partial charge >= 0.3 is 0 Å². The van der Waals surface area contributed by atoms with E-state index in [1.165, 1.54) is 0 Å². The summed E-state index contributed by atoms with van der Waals surface area (Å²) in [5.74, 6) is 0.499. The first-order chi connectivity index (χ1) is 7.31. The molecule has 0 saturated carbocycles. The lowest BCUT2D eigenvalue weighted by Crippen LogP contribution is -2.34. The van der Waals surface area contributed by atoms with Gasteiger partial charge in [0.15, 0.2) is 5.96 Å². The largest absolute Gasteiger partial charge is 0.385 e. The lowest BCUT2D eigenvalue weighted by molar-refractivity contribution is 0.192. The van der Waals surface area contributed by atoms with Gasteiger partial charge in [0.1, 0.15) is 0 Å². The van der Waals surface area contributed by atoms with E-state index in [0.29, 0.717) is 19.1 Å². The summed E-state index contributed by atoms with van der Waals surface area (Å²) in [5.41, 5.74) is 5.61. The third-order valence-electron chi connectivity index (χ3n) is 1.90. The highest BCUT2D eigenvalue weighted by Crippen LogP contribution is 1.95. The summed E-state index contributed by atoms with van der Waals surface area (Å²) in [7, 11) is 3.38. The fourth-order valence-corrected chi connectivity index (χ4v) is 1.07. The number of nitrogens with one attached hydrogen (secondary N) is 1. The minimum absolute atomic E-state index is 0.499. The summed E-state index contributed by atoms with van der Waals surface area (Å²) < 4.78 is 9.82.